The number of esters is 1. The van der Waals surface area contributed by atoms with Crippen molar-refractivity contribution >= 4 is 5.97 Å². The molecule has 5 nitrogen and oxygen atoms in total. The average molecular weight is 335 g/mol. The Balaban J connectivity index is 2.97. The second kappa shape index (κ2) is 9.61. The molecule has 1 atom stereocenters. The lowest BCUT2D eigenvalue weighted by atomic mass is 9.73. The molecule has 0 bridgehead atoms. The number of hydrogen-bond donors (Lipinski definition) is 2. The minimum absolute atomic E-state index is 0.000839. The third kappa shape index (κ3) is 6.46. The molecule has 0 heterocycles. The summed E-state index contributed by atoms with van der Waals surface area (Å²) in [7, 11) is 0. The molecule has 1 aliphatic rings. The van der Waals surface area contributed by atoms with Gasteiger partial charge in [0.25, 0.3) is 0 Å². The minimum Gasteiger partial charge on any atom is -0.459 e. The highest BCUT2D eigenvalue weighted by atomic mass is 16.5. The Morgan fingerprint density at radius 3 is 2.71 bits per heavy atom. The Morgan fingerprint density at radius 1 is 1.42 bits per heavy atom. The Hall–Kier alpha value is -1.64. The van der Waals surface area contributed by atoms with Crippen LogP contribution in [0.5, 0.6) is 0 Å². The van der Waals surface area contributed by atoms with Crippen molar-refractivity contribution in [1.29, 1.82) is 5.26 Å². The summed E-state index contributed by atoms with van der Waals surface area (Å²) in [5.74, 6) is -0.734. The smallest absolute Gasteiger partial charge is 0.349 e. The van der Waals surface area contributed by atoms with Gasteiger partial charge in [0.05, 0.1) is 6.61 Å². The van der Waals surface area contributed by atoms with Gasteiger partial charge >= 0.3 is 5.97 Å². The summed E-state index contributed by atoms with van der Waals surface area (Å²) in [6.07, 6.45) is 6.89. The molecule has 0 aromatic rings. The lowest BCUT2D eigenvalue weighted by molar-refractivity contribution is -0.142. The summed E-state index contributed by atoms with van der Waals surface area (Å²) in [5, 5.41) is 27.4. The number of rotatable bonds is 8. The molecule has 0 radical (unpaired) electrons. The Morgan fingerprint density at radius 2 is 2.12 bits per heavy atom. The van der Waals surface area contributed by atoms with Gasteiger partial charge in [0, 0.05) is 0 Å². The summed E-state index contributed by atoms with van der Waals surface area (Å²) < 4.78 is 4.94. The van der Waals surface area contributed by atoms with Gasteiger partial charge < -0.3 is 14.9 Å². The lowest BCUT2D eigenvalue weighted by Gasteiger charge is -2.32. The van der Waals surface area contributed by atoms with Crippen LogP contribution in [0, 0.1) is 16.7 Å². The Labute approximate surface area is 144 Å². The maximum absolute atomic E-state index is 12.1. The fourth-order valence-electron chi connectivity index (χ4n) is 3.01. The largest absolute Gasteiger partial charge is 0.459 e. The molecule has 0 saturated heterocycles. The van der Waals surface area contributed by atoms with Crippen LogP contribution in [0.25, 0.3) is 0 Å². The number of aliphatic hydroxyl groups is 2. The van der Waals surface area contributed by atoms with Crippen molar-refractivity contribution in [3.05, 3.63) is 22.8 Å². The van der Waals surface area contributed by atoms with Crippen molar-refractivity contribution < 1.29 is 19.7 Å². The molecule has 0 amide bonds. The van der Waals surface area contributed by atoms with Gasteiger partial charge in [-0.1, -0.05) is 45.3 Å². The summed E-state index contributed by atoms with van der Waals surface area (Å²) in [6.45, 7) is 5.63. The average Bonchev–Trinajstić information content (AvgIpc) is 2.52. The zero-order chi connectivity index (χ0) is 18.2. The number of aliphatic hydroxyl groups excluding tert-OH is 2. The monoisotopic (exact) mass is 335 g/mol. The lowest BCUT2D eigenvalue weighted by Crippen LogP contribution is -2.24. The molecule has 0 aromatic carbocycles. The molecule has 1 unspecified atom stereocenters. The molecule has 0 aromatic heterocycles. The van der Waals surface area contributed by atoms with Crippen LogP contribution in [0.1, 0.15) is 59.3 Å². The van der Waals surface area contributed by atoms with E-state index >= 15 is 0 Å². The second-order valence-corrected chi connectivity index (χ2v) is 7.22. The van der Waals surface area contributed by atoms with Crippen molar-refractivity contribution in [2.24, 2.45) is 5.41 Å². The number of nitrogens with zero attached hydrogens (tertiary/aromatic N) is 1. The molecule has 1 aliphatic carbocycles. The standard InChI is InChI=1S/C19H29NO4/c1-4-5-6-7-14-8-15(10-19(2,3)9-14)17(11-20)18(23)24-13-16(22)12-21/h8,16,21-22H,4-7,9-10,12-13H2,1-3H3/b17-15+. The van der Waals surface area contributed by atoms with Crippen LogP contribution < -0.4 is 0 Å². The van der Waals surface area contributed by atoms with Crippen LogP contribution in [-0.4, -0.2) is 35.5 Å². The first-order valence-corrected chi connectivity index (χ1v) is 8.61. The molecule has 0 aliphatic heterocycles. The van der Waals surface area contributed by atoms with E-state index in [-0.39, 0.29) is 17.6 Å². The highest BCUT2D eigenvalue weighted by Gasteiger charge is 2.29. The molecular formula is C19H29NO4. The van der Waals surface area contributed by atoms with Gasteiger partial charge in [-0.2, -0.15) is 5.26 Å². The second-order valence-electron chi connectivity index (χ2n) is 7.22. The van der Waals surface area contributed by atoms with Crippen LogP contribution >= 0.6 is 0 Å². The van der Waals surface area contributed by atoms with Gasteiger partial charge in [-0.3, -0.25) is 0 Å². The number of unbranched alkanes of at least 4 members (excludes halogenated alkanes) is 2. The molecule has 0 spiro atoms. The molecule has 2 N–H and O–H groups in total. The molecule has 0 fully saturated rings. The van der Waals surface area contributed by atoms with Crippen molar-refractivity contribution in [3.63, 3.8) is 0 Å². The van der Waals surface area contributed by atoms with E-state index in [2.05, 4.69) is 20.8 Å². The Bertz CT molecular complexity index is 540. The molecule has 1 rings (SSSR count). The van der Waals surface area contributed by atoms with Crippen LogP contribution in [0.4, 0.5) is 0 Å². The van der Waals surface area contributed by atoms with Gasteiger partial charge in [-0.15, -0.1) is 0 Å². The van der Waals surface area contributed by atoms with Crippen molar-refractivity contribution in [2.45, 2.75) is 65.4 Å². The van der Waals surface area contributed by atoms with Gasteiger partial charge in [0.1, 0.15) is 24.4 Å². The third-order valence-electron chi connectivity index (χ3n) is 4.11. The van der Waals surface area contributed by atoms with Crippen LogP contribution in [-0.2, 0) is 9.53 Å². The Kier molecular flexibility index (Phi) is 8.17. The number of hydrogen-bond acceptors (Lipinski definition) is 5. The van der Waals surface area contributed by atoms with E-state index in [1.54, 1.807) is 0 Å². The van der Waals surface area contributed by atoms with E-state index in [0.29, 0.717) is 12.0 Å². The first-order chi connectivity index (χ1) is 11.3. The van der Waals surface area contributed by atoms with Gasteiger partial charge in [0.15, 0.2) is 0 Å². The quantitative estimate of drug-likeness (QED) is 0.308. The zero-order valence-electron chi connectivity index (χ0n) is 15.0. The SMILES string of the molecule is CCCCCC1=C/C(=C(/C#N)C(=O)OCC(O)CO)CC(C)(C)C1. The summed E-state index contributed by atoms with van der Waals surface area (Å²) >= 11 is 0. The van der Waals surface area contributed by atoms with E-state index in [9.17, 15) is 15.2 Å². The van der Waals surface area contributed by atoms with Crippen molar-refractivity contribution in [2.75, 3.05) is 13.2 Å². The predicted octanol–water partition coefficient (Wildman–Crippen LogP) is 3.03. The maximum Gasteiger partial charge on any atom is 0.349 e. The highest BCUT2D eigenvalue weighted by molar-refractivity contribution is 5.94. The normalized spacial score (nSPS) is 19.9. The fraction of sp³-hybridized carbons (Fsp3) is 0.684. The van der Waals surface area contributed by atoms with E-state index < -0.39 is 18.7 Å². The van der Waals surface area contributed by atoms with Crippen LogP contribution in [0.2, 0.25) is 0 Å². The summed E-state index contributed by atoms with van der Waals surface area (Å²) in [5.41, 5.74) is 1.98. The number of ether oxygens (including phenoxy) is 1. The van der Waals surface area contributed by atoms with E-state index in [4.69, 9.17) is 9.84 Å². The van der Waals surface area contributed by atoms with Gasteiger partial charge in [-0.25, -0.2) is 4.79 Å². The van der Waals surface area contributed by atoms with Crippen molar-refractivity contribution in [1.82, 2.24) is 0 Å². The van der Waals surface area contributed by atoms with E-state index in [0.717, 1.165) is 25.7 Å². The molecule has 5 heteroatoms. The highest BCUT2D eigenvalue weighted by Crippen LogP contribution is 2.40. The first-order valence-electron chi connectivity index (χ1n) is 8.61. The number of allylic oxidation sites excluding steroid dienone is 3. The molecule has 0 saturated carbocycles. The first kappa shape index (κ1) is 20.4. The molecule has 134 valence electrons. The van der Waals surface area contributed by atoms with E-state index in [1.165, 1.54) is 12.0 Å². The van der Waals surface area contributed by atoms with Crippen LogP contribution in [0.3, 0.4) is 0 Å². The number of nitriles is 1. The maximum atomic E-state index is 12.1. The van der Waals surface area contributed by atoms with Crippen molar-refractivity contribution in [3.8, 4) is 6.07 Å². The van der Waals surface area contributed by atoms with Crippen LogP contribution in [0.15, 0.2) is 22.8 Å². The molecular weight excluding hydrogens is 306 g/mol. The number of carbonyl (C=O) groups is 1. The van der Waals surface area contributed by atoms with E-state index in [1.807, 2.05) is 12.1 Å². The molecule has 24 heavy (non-hydrogen) atoms. The zero-order valence-corrected chi connectivity index (χ0v) is 15.0. The third-order valence-corrected chi connectivity index (χ3v) is 4.11. The predicted molar refractivity (Wildman–Crippen MR) is 91.9 cm³/mol. The van der Waals surface area contributed by atoms with Gasteiger partial charge in [0.2, 0.25) is 0 Å². The summed E-state index contributed by atoms with van der Waals surface area (Å²) in [6, 6.07) is 1.96. The fourth-order valence-corrected chi connectivity index (χ4v) is 3.01. The number of carbonyl (C=O) groups excluding carboxylic acids is 1. The minimum atomic E-state index is -1.12. The van der Waals surface area contributed by atoms with Gasteiger partial charge in [-0.05, 0) is 36.7 Å². The topological polar surface area (TPSA) is 90.6 Å². The summed E-state index contributed by atoms with van der Waals surface area (Å²) in [4.78, 5) is 12.1.